The van der Waals surface area contributed by atoms with E-state index in [1.165, 1.54) is 0 Å². The van der Waals surface area contributed by atoms with Crippen molar-refractivity contribution in [2.45, 2.75) is 32.7 Å². The smallest absolute Gasteiger partial charge is 0.222 e. The number of carbonyl (C=O) groups excluding carboxylic acids is 1. The Hall–Kier alpha value is -1.86. The Kier molecular flexibility index (Phi) is 7.49. The van der Waals surface area contributed by atoms with E-state index in [2.05, 4.69) is 17.9 Å². The van der Waals surface area contributed by atoms with E-state index in [0.29, 0.717) is 25.1 Å². The molecule has 0 aliphatic rings. The molecule has 1 aromatic rings. The Morgan fingerprint density at radius 2 is 2.05 bits per heavy atom. The summed E-state index contributed by atoms with van der Waals surface area (Å²) >= 11 is 0. The molecule has 0 spiro atoms. The van der Waals surface area contributed by atoms with Crippen LogP contribution >= 0.6 is 0 Å². The third-order valence-corrected chi connectivity index (χ3v) is 3.34. The summed E-state index contributed by atoms with van der Waals surface area (Å²) in [5.74, 6) is 0.195. The number of unbranched alkanes of at least 4 members (excludes halogenated alkanes) is 1. The summed E-state index contributed by atoms with van der Waals surface area (Å²) in [6.07, 6.45) is 2.55. The largest absolute Gasteiger partial charge is 0.337 e. The summed E-state index contributed by atoms with van der Waals surface area (Å²) in [5, 5.41) is 8.96. The molecule has 4 heteroatoms. The lowest BCUT2D eigenvalue weighted by molar-refractivity contribution is -0.132. The molecule has 21 heavy (non-hydrogen) atoms. The molecule has 114 valence electrons. The van der Waals surface area contributed by atoms with Gasteiger partial charge in [0.25, 0.3) is 0 Å². The lowest BCUT2D eigenvalue weighted by Gasteiger charge is -2.24. The molecule has 0 aromatic heterocycles. The zero-order valence-corrected chi connectivity index (χ0v) is 13.3. The van der Waals surface area contributed by atoms with Gasteiger partial charge in [0.2, 0.25) is 5.91 Å². The van der Waals surface area contributed by atoms with Gasteiger partial charge in [-0.1, -0.05) is 25.5 Å². The lowest BCUT2D eigenvalue weighted by Crippen LogP contribution is -2.36. The van der Waals surface area contributed by atoms with Crippen LogP contribution in [-0.2, 0) is 11.3 Å². The summed E-state index contributed by atoms with van der Waals surface area (Å²) in [4.78, 5) is 16.3. The second-order valence-corrected chi connectivity index (χ2v) is 5.53. The van der Waals surface area contributed by atoms with Crippen molar-refractivity contribution in [2.24, 2.45) is 0 Å². The molecule has 0 aliphatic carbocycles. The first-order chi connectivity index (χ1) is 10.1. The van der Waals surface area contributed by atoms with Crippen LogP contribution in [0.25, 0.3) is 0 Å². The summed E-state index contributed by atoms with van der Waals surface area (Å²) in [6, 6.07) is 9.62. The molecule has 1 amide bonds. The highest BCUT2D eigenvalue weighted by Crippen LogP contribution is 2.10. The van der Waals surface area contributed by atoms with E-state index in [4.69, 9.17) is 5.26 Å². The maximum Gasteiger partial charge on any atom is 0.222 e. The minimum atomic E-state index is 0.195. The van der Waals surface area contributed by atoms with Crippen molar-refractivity contribution in [3.63, 3.8) is 0 Å². The number of hydrogen-bond acceptors (Lipinski definition) is 3. The molecule has 1 rings (SSSR count). The molecule has 0 aliphatic heterocycles. The van der Waals surface area contributed by atoms with E-state index in [1.807, 2.05) is 37.2 Å². The van der Waals surface area contributed by atoms with Gasteiger partial charge in [0.1, 0.15) is 0 Å². The van der Waals surface area contributed by atoms with Crippen molar-refractivity contribution in [1.82, 2.24) is 9.80 Å². The number of hydrogen-bond donors (Lipinski definition) is 0. The Labute approximate surface area is 128 Å². The number of nitriles is 1. The van der Waals surface area contributed by atoms with Gasteiger partial charge < -0.3 is 9.80 Å². The predicted molar refractivity (Wildman–Crippen MR) is 84.7 cm³/mol. The molecule has 0 saturated heterocycles. The topological polar surface area (TPSA) is 47.3 Å². The van der Waals surface area contributed by atoms with Gasteiger partial charge in [-0.3, -0.25) is 4.79 Å². The molecule has 0 N–H and O–H groups in total. The van der Waals surface area contributed by atoms with E-state index < -0.39 is 0 Å². The average Bonchev–Trinajstić information content (AvgIpc) is 2.49. The summed E-state index contributed by atoms with van der Waals surface area (Å²) in [7, 11) is 4.01. The van der Waals surface area contributed by atoms with E-state index in [9.17, 15) is 4.79 Å². The van der Waals surface area contributed by atoms with Crippen LogP contribution in [0.3, 0.4) is 0 Å². The normalized spacial score (nSPS) is 10.4. The van der Waals surface area contributed by atoms with Gasteiger partial charge in [0.05, 0.1) is 11.6 Å². The number of benzene rings is 1. The van der Waals surface area contributed by atoms with Crippen LogP contribution in [0.2, 0.25) is 0 Å². The van der Waals surface area contributed by atoms with Gasteiger partial charge in [-0.05, 0) is 38.2 Å². The second kappa shape index (κ2) is 9.15. The number of carbonyl (C=O) groups is 1. The highest BCUT2D eigenvalue weighted by molar-refractivity contribution is 5.76. The standard InChI is InChI=1S/C17H25N3O/c1-4-5-9-17(21)20(11-10-19(2)3)14-16-8-6-7-15(12-16)13-18/h6-8,12H,4-5,9-11,14H2,1-3H3. The summed E-state index contributed by atoms with van der Waals surface area (Å²) < 4.78 is 0. The monoisotopic (exact) mass is 287 g/mol. The van der Waals surface area contributed by atoms with Crippen LogP contribution in [0.4, 0.5) is 0 Å². The number of amides is 1. The average molecular weight is 287 g/mol. The van der Waals surface area contributed by atoms with Crippen LogP contribution in [0.15, 0.2) is 24.3 Å². The number of nitrogens with zero attached hydrogens (tertiary/aromatic N) is 3. The minimum Gasteiger partial charge on any atom is -0.337 e. The quantitative estimate of drug-likeness (QED) is 0.738. The highest BCUT2D eigenvalue weighted by Gasteiger charge is 2.13. The first kappa shape index (κ1) is 17.2. The van der Waals surface area contributed by atoms with Gasteiger partial charge in [0, 0.05) is 26.1 Å². The van der Waals surface area contributed by atoms with Crippen LogP contribution in [-0.4, -0.2) is 42.9 Å². The van der Waals surface area contributed by atoms with Crippen molar-refractivity contribution < 1.29 is 4.79 Å². The predicted octanol–water partition coefficient (Wildman–Crippen LogP) is 2.64. The van der Waals surface area contributed by atoms with Crippen LogP contribution < -0.4 is 0 Å². The molecular formula is C17H25N3O. The van der Waals surface area contributed by atoms with E-state index in [1.54, 1.807) is 6.07 Å². The van der Waals surface area contributed by atoms with Gasteiger partial charge in [-0.15, -0.1) is 0 Å². The molecule has 0 bridgehead atoms. The zero-order valence-electron chi connectivity index (χ0n) is 13.3. The maximum atomic E-state index is 12.3. The summed E-state index contributed by atoms with van der Waals surface area (Å²) in [5.41, 5.74) is 1.65. The van der Waals surface area contributed by atoms with Crippen molar-refractivity contribution >= 4 is 5.91 Å². The number of likely N-dealkylation sites (N-methyl/N-ethyl adjacent to an activating group) is 1. The fourth-order valence-corrected chi connectivity index (χ4v) is 2.06. The highest BCUT2D eigenvalue weighted by atomic mass is 16.2. The van der Waals surface area contributed by atoms with E-state index in [0.717, 1.165) is 24.9 Å². The fraction of sp³-hybridized carbons (Fsp3) is 0.529. The minimum absolute atomic E-state index is 0.195. The van der Waals surface area contributed by atoms with E-state index in [-0.39, 0.29) is 5.91 Å². The third kappa shape index (κ3) is 6.42. The molecule has 0 atom stereocenters. The summed E-state index contributed by atoms with van der Waals surface area (Å²) in [6.45, 7) is 4.22. The van der Waals surface area contributed by atoms with E-state index >= 15 is 0 Å². The van der Waals surface area contributed by atoms with Gasteiger partial charge in [-0.25, -0.2) is 0 Å². The molecule has 0 saturated carbocycles. The third-order valence-electron chi connectivity index (χ3n) is 3.34. The van der Waals surface area contributed by atoms with Gasteiger partial charge >= 0.3 is 0 Å². The Bertz CT molecular complexity index is 491. The van der Waals surface area contributed by atoms with Crippen molar-refractivity contribution in [1.29, 1.82) is 5.26 Å². The Morgan fingerprint density at radius 3 is 2.67 bits per heavy atom. The first-order valence-electron chi connectivity index (χ1n) is 7.48. The first-order valence-corrected chi connectivity index (χ1v) is 7.48. The van der Waals surface area contributed by atoms with Crippen molar-refractivity contribution in [2.75, 3.05) is 27.2 Å². The maximum absolute atomic E-state index is 12.3. The molecular weight excluding hydrogens is 262 g/mol. The molecule has 4 nitrogen and oxygen atoms in total. The van der Waals surface area contributed by atoms with Crippen molar-refractivity contribution in [3.8, 4) is 6.07 Å². The van der Waals surface area contributed by atoms with Crippen LogP contribution in [0.1, 0.15) is 37.3 Å². The molecule has 0 radical (unpaired) electrons. The molecule has 1 aromatic carbocycles. The molecule has 0 unspecified atom stereocenters. The van der Waals surface area contributed by atoms with Crippen LogP contribution in [0, 0.1) is 11.3 Å². The molecule has 0 heterocycles. The Morgan fingerprint density at radius 1 is 1.29 bits per heavy atom. The lowest BCUT2D eigenvalue weighted by atomic mass is 10.1. The van der Waals surface area contributed by atoms with Gasteiger partial charge in [0.15, 0.2) is 0 Å². The van der Waals surface area contributed by atoms with Gasteiger partial charge in [-0.2, -0.15) is 5.26 Å². The fourth-order valence-electron chi connectivity index (χ4n) is 2.06. The van der Waals surface area contributed by atoms with Crippen molar-refractivity contribution in [3.05, 3.63) is 35.4 Å². The molecule has 0 fully saturated rings. The Balaban J connectivity index is 2.75. The zero-order chi connectivity index (χ0) is 15.7. The second-order valence-electron chi connectivity index (χ2n) is 5.53. The number of rotatable bonds is 8. The SMILES string of the molecule is CCCCC(=O)N(CCN(C)C)Cc1cccc(C#N)c1. The van der Waals surface area contributed by atoms with Crippen LogP contribution in [0.5, 0.6) is 0 Å².